The van der Waals surface area contributed by atoms with Crippen molar-refractivity contribution in [2.75, 3.05) is 6.61 Å². The van der Waals surface area contributed by atoms with E-state index in [0.717, 1.165) is 36.5 Å². The highest BCUT2D eigenvalue weighted by atomic mass is 16.5. The summed E-state index contributed by atoms with van der Waals surface area (Å²) < 4.78 is 7.77. The summed E-state index contributed by atoms with van der Waals surface area (Å²) >= 11 is 0. The van der Waals surface area contributed by atoms with Crippen LogP contribution in [0.2, 0.25) is 0 Å². The van der Waals surface area contributed by atoms with Crippen molar-refractivity contribution < 1.29 is 9.53 Å². The molecule has 0 spiro atoms. The van der Waals surface area contributed by atoms with E-state index >= 15 is 0 Å². The third kappa shape index (κ3) is 3.47. The molecular formula is C17H21N3O2. The van der Waals surface area contributed by atoms with Crippen molar-refractivity contribution in [3.63, 3.8) is 0 Å². The number of imidazole rings is 1. The van der Waals surface area contributed by atoms with Crippen molar-refractivity contribution in [1.29, 1.82) is 0 Å². The van der Waals surface area contributed by atoms with Gasteiger partial charge in [-0.15, -0.1) is 0 Å². The number of amides is 1. The van der Waals surface area contributed by atoms with Crippen LogP contribution in [0.5, 0.6) is 5.75 Å². The molecule has 3 rings (SSSR count). The maximum atomic E-state index is 12.0. The van der Waals surface area contributed by atoms with Crippen LogP contribution in [0.4, 0.5) is 0 Å². The maximum absolute atomic E-state index is 12.0. The first-order chi connectivity index (χ1) is 10.7. The third-order valence-electron chi connectivity index (χ3n) is 3.98. The Labute approximate surface area is 130 Å². The second-order valence-corrected chi connectivity index (χ2v) is 5.66. The number of carbonyl (C=O) groups is 1. The van der Waals surface area contributed by atoms with E-state index in [1.54, 1.807) is 0 Å². The van der Waals surface area contributed by atoms with Crippen LogP contribution >= 0.6 is 0 Å². The number of nitrogens with zero attached hydrogens (tertiary/aromatic N) is 2. The average Bonchev–Trinajstić information content (AvgIpc) is 2.97. The number of aryl methyl sites for hydroxylation is 2. The van der Waals surface area contributed by atoms with Gasteiger partial charge >= 0.3 is 0 Å². The summed E-state index contributed by atoms with van der Waals surface area (Å²) in [5.74, 6) is 1.99. The Morgan fingerprint density at radius 2 is 2.32 bits per heavy atom. The number of ether oxygens (including phenoxy) is 1. The molecule has 2 aromatic rings. The summed E-state index contributed by atoms with van der Waals surface area (Å²) in [5.41, 5.74) is 1.09. The number of rotatable bonds is 5. The number of hydrogen-bond acceptors (Lipinski definition) is 3. The third-order valence-corrected chi connectivity index (χ3v) is 3.98. The molecule has 0 saturated carbocycles. The van der Waals surface area contributed by atoms with Crippen LogP contribution in [-0.2, 0) is 17.8 Å². The maximum Gasteiger partial charge on any atom is 0.223 e. The molecular weight excluding hydrogens is 278 g/mol. The molecule has 5 heteroatoms. The Hall–Kier alpha value is -2.30. The van der Waals surface area contributed by atoms with Crippen molar-refractivity contribution in [3.05, 3.63) is 48.0 Å². The van der Waals surface area contributed by atoms with Gasteiger partial charge in [-0.25, -0.2) is 4.98 Å². The summed E-state index contributed by atoms with van der Waals surface area (Å²) in [6, 6.07) is 8.03. The molecule has 0 radical (unpaired) electrons. The minimum absolute atomic E-state index is 0.0437. The van der Waals surface area contributed by atoms with Crippen molar-refractivity contribution in [2.45, 2.75) is 38.8 Å². The fourth-order valence-electron chi connectivity index (χ4n) is 2.76. The topological polar surface area (TPSA) is 56.1 Å². The van der Waals surface area contributed by atoms with Crippen molar-refractivity contribution in [1.82, 2.24) is 14.9 Å². The molecule has 116 valence electrons. The summed E-state index contributed by atoms with van der Waals surface area (Å²) in [6.45, 7) is 3.21. The van der Waals surface area contributed by atoms with Gasteiger partial charge in [0.25, 0.3) is 0 Å². The highest BCUT2D eigenvalue weighted by molar-refractivity contribution is 5.76. The van der Waals surface area contributed by atoms with Gasteiger partial charge in [-0.3, -0.25) is 4.79 Å². The van der Waals surface area contributed by atoms with Crippen LogP contribution in [0.25, 0.3) is 0 Å². The van der Waals surface area contributed by atoms with E-state index in [0.29, 0.717) is 13.0 Å². The minimum atomic E-state index is 0.0437. The van der Waals surface area contributed by atoms with Gasteiger partial charge in [-0.1, -0.05) is 18.2 Å². The molecule has 0 unspecified atom stereocenters. The van der Waals surface area contributed by atoms with Crippen LogP contribution in [0.15, 0.2) is 36.7 Å². The Morgan fingerprint density at radius 3 is 3.18 bits per heavy atom. The first kappa shape index (κ1) is 14.6. The summed E-state index contributed by atoms with van der Waals surface area (Å²) in [6.07, 6.45) is 6.02. The van der Waals surface area contributed by atoms with E-state index < -0.39 is 0 Å². The Kier molecular flexibility index (Phi) is 4.42. The van der Waals surface area contributed by atoms with E-state index in [2.05, 4.69) is 14.9 Å². The van der Waals surface area contributed by atoms with Gasteiger partial charge in [0.15, 0.2) is 0 Å². The standard InChI is InChI=1S/C17H21N3O2/c1-13-4-2-3-5-15(13)22-11-8-17(21)19-14-6-7-16-18-9-10-20(16)12-14/h2-5,9-10,14H,6-8,11-12H2,1H3,(H,19,21)/t14-/m1/s1. The zero-order valence-electron chi connectivity index (χ0n) is 12.8. The number of para-hydroxylation sites is 1. The predicted octanol–water partition coefficient (Wildman–Crippen LogP) is 2.09. The molecule has 0 saturated heterocycles. The second-order valence-electron chi connectivity index (χ2n) is 5.66. The molecule has 1 aromatic heterocycles. The average molecular weight is 299 g/mol. The van der Waals surface area contributed by atoms with E-state index in [9.17, 15) is 4.79 Å². The van der Waals surface area contributed by atoms with Gasteiger partial charge in [0.2, 0.25) is 5.91 Å². The molecule has 1 aliphatic heterocycles. The number of carbonyl (C=O) groups excluding carboxylic acids is 1. The first-order valence-electron chi connectivity index (χ1n) is 7.70. The van der Waals surface area contributed by atoms with E-state index in [1.807, 2.05) is 43.6 Å². The highest BCUT2D eigenvalue weighted by Crippen LogP contribution is 2.16. The molecule has 0 bridgehead atoms. The number of aromatic nitrogens is 2. The lowest BCUT2D eigenvalue weighted by molar-refractivity contribution is -0.122. The molecule has 5 nitrogen and oxygen atoms in total. The van der Waals surface area contributed by atoms with Crippen LogP contribution in [-0.4, -0.2) is 28.1 Å². The van der Waals surface area contributed by atoms with Crippen LogP contribution < -0.4 is 10.1 Å². The van der Waals surface area contributed by atoms with E-state index in [-0.39, 0.29) is 11.9 Å². The van der Waals surface area contributed by atoms with Crippen LogP contribution in [0.1, 0.15) is 24.2 Å². The van der Waals surface area contributed by atoms with E-state index in [4.69, 9.17) is 4.74 Å². The zero-order chi connectivity index (χ0) is 15.4. The molecule has 22 heavy (non-hydrogen) atoms. The fraction of sp³-hybridized carbons (Fsp3) is 0.412. The normalized spacial score (nSPS) is 16.9. The van der Waals surface area contributed by atoms with Gasteiger partial charge in [-0.2, -0.15) is 0 Å². The number of fused-ring (bicyclic) bond motifs is 1. The number of hydrogen-bond donors (Lipinski definition) is 1. The van der Waals surface area contributed by atoms with Gasteiger partial charge in [0.1, 0.15) is 11.6 Å². The SMILES string of the molecule is Cc1ccccc1OCCC(=O)N[C@@H]1CCc2nccn2C1. The molecule has 1 aliphatic rings. The largest absolute Gasteiger partial charge is 0.493 e. The van der Waals surface area contributed by atoms with Gasteiger partial charge < -0.3 is 14.6 Å². The quantitative estimate of drug-likeness (QED) is 0.920. The Bertz CT molecular complexity index is 651. The second kappa shape index (κ2) is 6.64. The monoisotopic (exact) mass is 299 g/mol. The molecule has 0 fully saturated rings. The molecule has 2 heterocycles. The van der Waals surface area contributed by atoms with Gasteiger partial charge in [0, 0.05) is 31.4 Å². The van der Waals surface area contributed by atoms with E-state index in [1.165, 1.54) is 0 Å². The molecule has 1 amide bonds. The molecule has 1 aromatic carbocycles. The van der Waals surface area contributed by atoms with Crippen LogP contribution in [0, 0.1) is 6.92 Å². The van der Waals surface area contributed by atoms with Crippen molar-refractivity contribution in [3.8, 4) is 5.75 Å². The van der Waals surface area contributed by atoms with Gasteiger partial charge in [-0.05, 0) is 25.0 Å². The zero-order valence-corrected chi connectivity index (χ0v) is 12.8. The smallest absolute Gasteiger partial charge is 0.223 e. The highest BCUT2D eigenvalue weighted by Gasteiger charge is 2.20. The lowest BCUT2D eigenvalue weighted by Gasteiger charge is -2.24. The first-order valence-corrected chi connectivity index (χ1v) is 7.70. The lowest BCUT2D eigenvalue weighted by atomic mass is 10.1. The number of benzene rings is 1. The van der Waals surface area contributed by atoms with Crippen molar-refractivity contribution in [2.24, 2.45) is 0 Å². The van der Waals surface area contributed by atoms with Crippen molar-refractivity contribution >= 4 is 5.91 Å². The van der Waals surface area contributed by atoms with Gasteiger partial charge in [0.05, 0.1) is 13.0 Å². The van der Waals surface area contributed by atoms with Crippen LogP contribution in [0.3, 0.4) is 0 Å². The summed E-state index contributed by atoms with van der Waals surface area (Å²) in [7, 11) is 0. The summed E-state index contributed by atoms with van der Waals surface area (Å²) in [5, 5.41) is 3.08. The molecule has 0 aliphatic carbocycles. The molecule has 1 N–H and O–H groups in total. The Balaban J connectivity index is 1.43. The number of nitrogens with one attached hydrogen (secondary N) is 1. The Morgan fingerprint density at radius 1 is 1.45 bits per heavy atom. The minimum Gasteiger partial charge on any atom is -0.493 e. The fourth-order valence-corrected chi connectivity index (χ4v) is 2.76. The molecule has 1 atom stereocenters. The lowest BCUT2D eigenvalue weighted by Crippen LogP contribution is -2.41. The predicted molar refractivity (Wildman–Crippen MR) is 83.8 cm³/mol. The summed E-state index contributed by atoms with van der Waals surface area (Å²) in [4.78, 5) is 16.3.